The number of imidazole rings is 1. The number of fused-ring (bicyclic) bond motifs is 1. The Morgan fingerprint density at radius 3 is 2.70 bits per heavy atom. The molecule has 0 radical (unpaired) electrons. The average molecular weight is 287 g/mol. The number of ether oxygens (including phenoxy) is 1. The van der Waals surface area contributed by atoms with E-state index in [9.17, 15) is 13.2 Å². The summed E-state index contributed by atoms with van der Waals surface area (Å²) in [6.45, 7) is 4.10. The highest BCUT2D eigenvalue weighted by atomic mass is 19.4. The van der Waals surface area contributed by atoms with Crippen LogP contribution in [0.25, 0.3) is 11.0 Å². The highest BCUT2D eigenvalue weighted by Gasteiger charge is 2.38. The minimum Gasteiger partial charge on any atom is -0.399 e. The van der Waals surface area contributed by atoms with Crippen molar-refractivity contribution in [2.75, 3.05) is 18.9 Å². The number of benzene rings is 1. The number of halogens is 3. The lowest BCUT2D eigenvalue weighted by atomic mass is 10.2. The minimum absolute atomic E-state index is 0.190. The van der Waals surface area contributed by atoms with Gasteiger partial charge >= 0.3 is 6.18 Å². The molecule has 2 N–H and O–H groups in total. The Kier molecular flexibility index (Phi) is 3.89. The van der Waals surface area contributed by atoms with E-state index in [1.165, 1.54) is 6.07 Å². The van der Waals surface area contributed by atoms with Crippen LogP contribution in [0.4, 0.5) is 18.9 Å². The molecule has 7 heteroatoms. The molecule has 2 rings (SSSR count). The highest BCUT2D eigenvalue weighted by Crippen LogP contribution is 2.34. The van der Waals surface area contributed by atoms with Gasteiger partial charge in [0.25, 0.3) is 0 Å². The molecule has 0 bridgehead atoms. The summed E-state index contributed by atoms with van der Waals surface area (Å²) in [5, 5.41) is 0. The first kappa shape index (κ1) is 14.6. The predicted molar refractivity (Wildman–Crippen MR) is 70.4 cm³/mol. The fourth-order valence-electron chi connectivity index (χ4n) is 2.12. The Labute approximate surface area is 114 Å². The Balaban J connectivity index is 2.58. The fourth-order valence-corrected chi connectivity index (χ4v) is 2.12. The second-order valence-corrected chi connectivity index (χ2v) is 4.56. The molecule has 0 fully saturated rings. The van der Waals surface area contributed by atoms with Crippen LogP contribution in [0, 0.1) is 0 Å². The van der Waals surface area contributed by atoms with Crippen LogP contribution in [0.2, 0.25) is 0 Å². The maximum absolute atomic E-state index is 13.1. The number of alkyl halides is 3. The molecular weight excluding hydrogens is 271 g/mol. The summed E-state index contributed by atoms with van der Waals surface area (Å²) in [5.41, 5.74) is 6.61. The number of nitrogen functional groups attached to an aromatic ring is 1. The second kappa shape index (κ2) is 5.32. The van der Waals surface area contributed by atoms with Crippen molar-refractivity contribution in [1.29, 1.82) is 0 Å². The van der Waals surface area contributed by atoms with Crippen molar-refractivity contribution in [1.82, 2.24) is 9.55 Å². The quantitative estimate of drug-likeness (QED) is 0.878. The normalized spacial score (nSPS) is 13.8. The van der Waals surface area contributed by atoms with E-state index in [0.717, 1.165) is 4.57 Å². The van der Waals surface area contributed by atoms with Gasteiger partial charge < -0.3 is 15.0 Å². The van der Waals surface area contributed by atoms with Gasteiger partial charge in [0.1, 0.15) is 0 Å². The van der Waals surface area contributed by atoms with E-state index in [1.807, 2.05) is 0 Å². The number of hydrogen-bond acceptors (Lipinski definition) is 3. The monoisotopic (exact) mass is 287 g/mol. The van der Waals surface area contributed by atoms with Crippen LogP contribution in [0.1, 0.15) is 25.7 Å². The van der Waals surface area contributed by atoms with Crippen LogP contribution in [0.15, 0.2) is 18.2 Å². The lowest BCUT2D eigenvalue weighted by molar-refractivity contribution is -0.147. The largest absolute Gasteiger partial charge is 0.449 e. The molecule has 0 aliphatic rings. The summed E-state index contributed by atoms with van der Waals surface area (Å²) < 4.78 is 45.7. The number of rotatable bonds is 4. The van der Waals surface area contributed by atoms with Crippen LogP contribution < -0.4 is 5.73 Å². The van der Waals surface area contributed by atoms with Gasteiger partial charge in [0.05, 0.1) is 23.7 Å². The molecule has 0 aliphatic heterocycles. The topological polar surface area (TPSA) is 53.1 Å². The van der Waals surface area contributed by atoms with E-state index in [-0.39, 0.29) is 12.1 Å². The van der Waals surface area contributed by atoms with Crippen LogP contribution in [-0.2, 0) is 10.9 Å². The summed E-state index contributed by atoms with van der Waals surface area (Å²) in [6.07, 6.45) is -4.52. The third-order valence-corrected chi connectivity index (χ3v) is 2.97. The SMILES string of the molecule is CCOCC(C)n1c(C(F)(F)F)nc2cc(N)ccc21. The predicted octanol–water partition coefficient (Wildman–Crippen LogP) is 3.23. The van der Waals surface area contributed by atoms with Crippen molar-refractivity contribution < 1.29 is 17.9 Å². The summed E-state index contributed by atoms with van der Waals surface area (Å²) in [4.78, 5) is 3.68. The molecule has 20 heavy (non-hydrogen) atoms. The molecule has 1 aromatic heterocycles. The van der Waals surface area contributed by atoms with Gasteiger partial charge in [0.15, 0.2) is 0 Å². The van der Waals surface area contributed by atoms with Gasteiger partial charge in [0.2, 0.25) is 5.82 Å². The smallest absolute Gasteiger partial charge is 0.399 e. The molecule has 1 aromatic carbocycles. The Morgan fingerprint density at radius 1 is 1.40 bits per heavy atom. The zero-order valence-corrected chi connectivity index (χ0v) is 11.2. The van der Waals surface area contributed by atoms with Crippen LogP contribution in [0.5, 0.6) is 0 Å². The highest BCUT2D eigenvalue weighted by molar-refractivity contribution is 5.80. The third kappa shape index (κ3) is 2.72. The van der Waals surface area contributed by atoms with Gasteiger partial charge in [-0.3, -0.25) is 0 Å². The van der Waals surface area contributed by atoms with Gasteiger partial charge in [-0.25, -0.2) is 4.98 Å². The van der Waals surface area contributed by atoms with Crippen molar-refractivity contribution in [2.24, 2.45) is 0 Å². The molecule has 1 heterocycles. The summed E-state index contributed by atoms with van der Waals surface area (Å²) in [6, 6.07) is 4.08. The molecule has 1 unspecified atom stereocenters. The molecule has 2 aromatic rings. The molecule has 0 saturated carbocycles. The van der Waals surface area contributed by atoms with E-state index < -0.39 is 18.0 Å². The molecule has 0 amide bonds. The molecule has 1 atom stereocenters. The van der Waals surface area contributed by atoms with Crippen molar-refractivity contribution >= 4 is 16.7 Å². The second-order valence-electron chi connectivity index (χ2n) is 4.56. The average Bonchev–Trinajstić information content (AvgIpc) is 2.74. The van der Waals surface area contributed by atoms with Gasteiger partial charge in [0, 0.05) is 12.3 Å². The maximum Gasteiger partial charge on any atom is 0.449 e. The number of hydrogen-bond donors (Lipinski definition) is 1. The first-order chi connectivity index (χ1) is 9.34. The number of nitrogens with zero attached hydrogens (tertiary/aromatic N) is 2. The van der Waals surface area contributed by atoms with E-state index >= 15 is 0 Å². The van der Waals surface area contributed by atoms with E-state index in [4.69, 9.17) is 10.5 Å². The zero-order chi connectivity index (χ0) is 14.9. The standard InChI is InChI=1S/C13H16F3N3O/c1-3-20-7-8(2)19-11-5-4-9(17)6-10(11)18-12(19)13(14,15)16/h4-6,8H,3,7,17H2,1-2H3. The summed E-state index contributed by atoms with van der Waals surface area (Å²) in [5.74, 6) is -0.926. The first-order valence-corrected chi connectivity index (χ1v) is 6.27. The van der Waals surface area contributed by atoms with Crippen molar-refractivity contribution in [3.8, 4) is 0 Å². The lowest BCUT2D eigenvalue weighted by Crippen LogP contribution is -2.20. The summed E-state index contributed by atoms with van der Waals surface area (Å²) in [7, 11) is 0. The first-order valence-electron chi connectivity index (χ1n) is 6.27. The Morgan fingerprint density at radius 2 is 2.10 bits per heavy atom. The Bertz CT molecular complexity index is 607. The van der Waals surface area contributed by atoms with Crippen LogP contribution in [0.3, 0.4) is 0 Å². The Hall–Kier alpha value is -1.76. The molecule has 0 saturated heterocycles. The molecule has 0 aliphatic carbocycles. The molecule has 0 spiro atoms. The molecule has 4 nitrogen and oxygen atoms in total. The maximum atomic E-state index is 13.1. The molecular formula is C13H16F3N3O. The fraction of sp³-hybridized carbons (Fsp3) is 0.462. The van der Waals surface area contributed by atoms with Crippen molar-refractivity contribution in [2.45, 2.75) is 26.1 Å². The van der Waals surface area contributed by atoms with Gasteiger partial charge in [-0.05, 0) is 32.0 Å². The van der Waals surface area contributed by atoms with Crippen LogP contribution in [-0.4, -0.2) is 22.8 Å². The third-order valence-electron chi connectivity index (χ3n) is 2.97. The van der Waals surface area contributed by atoms with E-state index in [1.54, 1.807) is 26.0 Å². The van der Waals surface area contributed by atoms with E-state index in [2.05, 4.69) is 4.98 Å². The minimum atomic E-state index is -4.52. The van der Waals surface area contributed by atoms with Crippen molar-refractivity contribution in [3.05, 3.63) is 24.0 Å². The zero-order valence-electron chi connectivity index (χ0n) is 11.2. The van der Waals surface area contributed by atoms with Gasteiger partial charge in [-0.2, -0.15) is 13.2 Å². The van der Waals surface area contributed by atoms with E-state index in [0.29, 0.717) is 17.8 Å². The van der Waals surface area contributed by atoms with Gasteiger partial charge in [-0.1, -0.05) is 0 Å². The van der Waals surface area contributed by atoms with Gasteiger partial charge in [-0.15, -0.1) is 0 Å². The number of nitrogens with two attached hydrogens (primary N) is 1. The van der Waals surface area contributed by atoms with Crippen LogP contribution >= 0.6 is 0 Å². The molecule has 110 valence electrons. The number of anilines is 1. The van der Waals surface area contributed by atoms with Crippen molar-refractivity contribution in [3.63, 3.8) is 0 Å². The number of aromatic nitrogens is 2. The lowest BCUT2D eigenvalue weighted by Gasteiger charge is -2.18. The summed E-state index contributed by atoms with van der Waals surface area (Å²) >= 11 is 0.